The summed E-state index contributed by atoms with van der Waals surface area (Å²) in [7, 11) is 1.97. The van der Waals surface area contributed by atoms with E-state index in [0.29, 0.717) is 12.6 Å². The molecule has 0 aromatic heterocycles. The highest BCUT2D eigenvalue weighted by Gasteiger charge is 2.16. The molecule has 1 aromatic carbocycles. The topological polar surface area (TPSA) is 41.6 Å². The third-order valence-corrected chi connectivity index (χ3v) is 4.11. The van der Waals surface area contributed by atoms with Gasteiger partial charge in [-0.1, -0.05) is 12.1 Å². The van der Waals surface area contributed by atoms with Crippen molar-refractivity contribution in [2.45, 2.75) is 25.4 Å². The largest absolute Gasteiger partial charge is 0.378 e. The number of benzene rings is 1. The Kier molecular flexibility index (Phi) is 6.01. The second kappa shape index (κ2) is 7.76. The minimum atomic E-state index is 0.00624. The highest BCUT2D eigenvalue weighted by molar-refractivity contribution is 9.10. The number of carbonyl (C=O) groups excluding carboxylic acids is 1. The van der Waals surface area contributed by atoms with Gasteiger partial charge >= 0.3 is 0 Å². The molecular formula is C15H21BrN2O2. The van der Waals surface area contributed by atoms with E-state index in [2.05, 4.69) is 21.2 Å². The average Bonchev–Trinajstić information content (AvgIpc) is 2.92. The van der Waals surface area contributed by atoms with Gasteiger partial charge in [0.2, 0.25) is 5.91 Å². The number of nitrogens with one attached hydrogen (secondary N) is 1. The van der Waals surface area contributed by atoms with E-state index in [-0.39, 0.29) is 5.91 Å². The summed E-state index contributed by atoms with van der Waals surface area (Å²) in [5.74, 6) is 0.00624. The molecule has 0 unspecified atom stereocenters. The van der Waals surface area contributed by atoms with Crippen LogP contribution in [0.5, 0.6) is 0 Å². The molecule has 1 saturated heterocycles. The Labute approximate surface area is 128 Å². The molecule has 0 bridgehead atoms. The zero-order valence-corrected chi connectivity index (χ0v) is 13.4. The molecule has 5 heteroatoms. The molecule has 0 saturated carbocycles. The predicted molar refractivity (Wildman–Crippen MR) is 83.9 cm³/mol. The summed E-state index contributed by atoms with van der Waals surface area (Å²) in [4.78, 5) is 14.0. The van der Waals surface area contributed by atoms with Crippen molar-refractivity contribution in [1.29, 1.82) is 0 Å². The van der Waals surface area contributed by atoms with Gasteiger partial charge in [-0.05, 0) is 54.4 Å². The van der Waals surface area contributed by atoms with Gasteiger partial charge in [0, 0.05) is 17.6 Å². The van der Waals surface area contributed by atoms with E-state index >= 15 is 0 Å². The summed E-state index contributed by atoms with van der Waals surface area (Å²) in [6, 6.07) is 7.63. The lowest BCUT2D eigenvalue weighted by atomic mass is 10.2. The van der Waals surface area contributed by atoms with Crippen molar-refractivity contribution >= 4 is 27.5 Å². The lowest BCUT2D eigenvalue weighted by Gasteiger charge is -2.18. The van der Waals surface area contributed by atoms with Gasteiger partial charge in [-0.25, -0.2) is 0 Å². The van der Waals surface area contributed by atoms with Gasteiger partial charge in [0.1, 0.15) is 0 Å². The second-order valence-corrected chi connectivity index (χ2v) is 6.04. The second-order valence-electron chi connectivity index (χ2n) is 5.19. The van der Waals surface area contributed by atoms with E-state index in [4.69, 9.17) is 4.74 Å². The lowest BCUT2D eigenvalue weighted by molar-refractivity contribution is -0.117. The van der Waals surface area contributed by atoms with Crippen molar-refractivity contribution in [3.8, 4) is 0 Å². The fourth-order valence-electron chi connectivity index (χ4n) is 2.31. The maximum atomic E-state index is 12.0. The van der Waals surface area contributed by atoms with Crippen LogP contribution in [0.3, 0.4) is 0 Å². The van der Waals surface area contributed by atoms with Crippen LogP contribution in [0.25, 0.3) is 0 Å². The van der Waals surface area contributed by atoms with Crippen molar-refractivity contribution < 1.29 is 9.53 Å². The van der Waals surface area contributed by atoms with Crippen molar-refractivity contribution in [2.24, 2.45) is 0 Å². The molecular weight excluding hydrogens is 320 g/mol. The number of carbonyl (C=O) groups is 1. The summed E-state index contributed by atoms with van der Waals surface area (Å²) in [6.07, 6.45) is 3.69. The SMILES string of the molecule is CN(CC[C@@H]1CCCO1)CC(=O)Nc1ccccc1Br. The molecule has 1 N–H and O–H groups in total. The van der Waals surface area contributed by atoms with Crippen molar-refractivity contribution in [2.75, 3.05) is 32.1 Å². The van der Waals surface area contributed by atoms with E-state index in [1.807, 2.05) is 36.2 Å². The number of para-hydroxylation sites is 1. The lowest BCUT2D eigenvalue weighted by Crippen LogP contribution is -2.32. The van der Waals surface area contributed by atoms with Crippen LogP contribution in [0.2, 0.25) is 0 Å². The molecule has 20 heavy (non-hydrogen) atoms. The summed E-state index contributed by atoms with van der Waals surface area (Å²) in [5.41, 5.74) is 0.810. The summed E-state index contributed by atoms with van der Waals surface area (Å²) in [6.45, 7) is 2.17. The van der Waals surface area contributed by atoms with Crippen LogP contribution >= 0.6 is 15.9 Å². The van der Waals surface area contributed by atoms with Crippen LogP contribution in [-0.2, 0) is 9.53 Å². The number of likely N-dealkylation sites (N-methyl/N-ethyl adjacent to an activating group) is 1. The van der Waals surface area contributed by atoms with E-state index in [0.717, 1.165) is 42.6 Å². The number of hydrogen-bond donors (Lipinski definition) is 1. The van der Waals surface area contributed by atoms with Crippen LogP contribution in [0.15, 0.2) is 28.7 Å². The third kappa shape index (κ3) is 4.89. The minimum Gasteiger partial charge on any atom is -0.378 e. The number of rotatable bonds is 6. The Balaban J connectivity index is 1.72. The molecule has 110 valence electrons. The Morgan fingerprint density at radius 3 is 3.00 bits per heavy atom. The molecule has 1 atom stereocenters. The standard InChI is InChI=1S/C15H21BrN2O2/c1-18(9-8-12-5-4-10-20-12)11-15(19)17-14-7-3-2-6-13(14)16/h2-3,6-7,12H,4-5,8-11H2,1H3,(H,17,19)/t12-/m0/s1. The number of hydrogen-bond acceptors (Lipinski definition) is 3. The smallest absolute Gasteiger partial charge is 0.238 e. The van der Waals surface area contributed by atoms with Gasteiger partial charge in [-0.2, -0.15) is 0 Å². The average molecular weight is 341 g/mol. The van der Waals surface area contributed by atoms with Crippen LogP contribution in [0, 0.1) is 0 Å². The van der Waals surface area contributed by atoms with Crippen molar-refractivity contribution in [3.05, 3.63) is 28.7 Å². The predicted octanol–water partition coefficient (Wildman–Crippen LogP) is 2.89. The van der Waals surface area contributed by atoms with E-state index in [1.54, 1.807) is 0 Å². The maximum absolute atomic E-state index is 12.0. The zero-order chi connectivity index (χ0) is 14.4. The number of nitrogens with zero attached hydrogens (tertiary/aromatic N) is 1. The van der Waals surface area contributed by atoms with Gasteiger partial charge in [-0.3, -0.25) is 9.69 Å². The monoisotopic (exact) mass is 340 g/mol. The zero-order valence-electron chi connectivity index (χ0n) is 11.8. The third-order valence-electron chi connectivity index (χ3n) is 3.42. The van der Waals surface area contributed by atoms with Crippen molar-refractivity contribution in [1.82, 2.24) is 4.90 Å². The minimum absolute atomic E-state index is 0.00624. The summed E-state index contributed by atoms with van der Waals surface area (Å²) < 4.78 is 6.48. The van der Waals surface area contributed by atoms with E-state index in [1.165, 1.54) is 0 Å². The Morgan fingerprint density at radius 2 is 2.30 bits per heavy atom. The molecule has 0 radical (unpaired) electrons. The molecule has 1 amide bonds. The quantitative estimate of drug-likeness (QED) is 0.865. The Morgan fingerprint density at radius 1 is 1.50 bits per heavy atom. The first kappa shape index (κ1) is 15.5. The maximum Gasteiger partial charge on any atom is 0.238 e. The Bertz CT molecular complexity index is 447. The first-order chi connectivity index (χ1) is 9.65. The number of ether oxygens (including phenoxy) is 1. The van der Waals surface area contributed by atoms with Gasteiger partial charge in [-0.15, -0.1) is 0 Å². The van der Waals surface area contributed by atoms with Crippen molar-refractivity contribution in [3.63, 3.8) is 0 Å². The summed E-state index contributed by atoms with van der Waals surface area (Å²) in [5, 5.41) is 2.91. The molecule has 0 spiro atoms. The fraction of sp³-hybridized carbons (Fsp3) is 0.533. The van der Waals surface area contributed by atoms with Crippen LogP contribution in [0.1, 0.15) is 19.3 Å². The van der Waals surface area contributed by atoms with Crippen LogP contribution in [-0.4, -0.2) is 43.7 Å². The molecule has 1 aliphatic heterocycles. The molecule has 1 aromatic rings. The highest BCUT2D eigenvalue weighted by atomic mass is 79.9. The number of anilines is 1. The van der Waals surface area contributed by atoms with E-state index < -0.39 is 0 Å². The number of halogens is 1. The highest BCUT2D eigenvalue weighted by Crippen LogP contribution is 2.21. The molecule has 1 aliphatic rings. The van der Waals surface area contributed by atoms with Crippen LogP contribution in [0.4, 0.5) is 5.69 Å². The summed E-state index contributed by atoms with van der Waals surface area (Å²) >= 11 is 3.42. The molecule has 0 aliphatic carbocycles. The normalized spacial score (nSPS) is 18.4. The molecule has 1 fully saturated rings. The number of amides is 1. The Hall–Kier alpha value is -0.910. The van der Waals surface area contributed by atoms with E-state index in [9.17, 15) is 4.79 Å². The molecule has 4 nitrogen and oxygen atoms in total. The molecule has 1 heterocycles. The van der Waals surface area contributed by atoms with Gasteiger partial charge < -0.3 is 10.1 Å². The van der Waals surface area contributed by atoms with Gasteiger partial charge in [0.15, 0.2) is 0 Å². The fourth-order valence-corrected chi connectivity index (χ4v) is 2.70. The van der Waals surface area contributed by atoms with Gasteiger partial charge in [0.05, 0.1) is 18.3 Å². The molecule has 2 rings (SSSR count). The first-order valence-corrected chi connectivity index (χ1v) is 7.79. The van der Waals surface area contributed by atoms with Gasteiger partial charge in [0.25, 0.3) is 0 Å². The van der Waals surface area contributed by atoms with Crippen LogP contribution < -0.4 is 5.32 Å². The first-order valence-electron chi connectivity index (χ1n) is 6.99.